The highest BCUT2D eigenvalue weighted by Crippen LogP contribution is 2.38. The number of aliphatic imine (C=N–C) groups is 6. The smallest absolute Gasteiger partial charge is 0.131 e. The van der Waals surface area contributed by atoms with Crippen LogP contribution in [0.25, 0.3) is 98.9 Å². The summed E-state index contributed by atoms with van der Waals surface area (Å²) in [7, 11) is 0. The van der Waals surface area contributed by atoms with E-state index in [0.29, 0.717) is 56.3 Å². The average Bonchev–Trinajstić information content (AvgIpc) is 1.40. The van der Waals surface area contributed by atoms with E-state index in [2.05, 4.69) is 227 Å². The molecular weight excluding hydrogens is 1700 g/mol. The van der Waals surface area contributed by atoms with E-state index in [1.165, 1.54) is 56.2 Å². The van der Waals surface area contributed by atoms with E-state index in [0.717, 1.165) is 241 Å². The molecule has 6 aromatic carbocycles. The van der Waals surface area contributed by atoms with Gasteiger partial charge >= 0.3 is 0 Å². The van der Waals surface area contributed by atoms with Crippen molar-refractivity contribution in [2.75, 3.05) is 90.9 Å². The molecule has 0 bridgehead atoms. The molecule has 25 nitrogen and oxygen atoms in total. The maximum atomic E-state index is 14.4. The van der Waals surface area contributed by atoms with E-state index in [-0.39, 0.29) is 30.7 Å². The van der Waals surface area contributed by atoms with Crippen LogP contribution < -0.4 is 31.9 Å². The number of allylic oxidation sites excluding steroid dienone is 6. The second-order valence-corrected chi connectivity index (χ2v) is 37.0. The topological polar surface area (TPSA) is 354 Å². The molecule has 6 aliphatic heterocycles. The molecule has 696 valence electrons. The van der Waals surface area contributed by atoms with Crippen LogP contribution in [0.5, 0.6) is 0 Å². The summed E-state index contributed by atoms with van der Waals surface area (Å²) in [4.78, 5) is 53.3. The maximum Gasteiger partial charge on any atom is 0.131 e. The molecule has 7 aromatic heterocycles. The second kappa shape index (κ2) is 43.1. The molecule has 0 unspecified atom stereocenters. The van der Waals surface area contributed by atoms with Crippen molar-refractivity contribution in [2.45, 2.75) is 168 Å². The summed E-state index contributed by atoms with van der Waals surface area (Å²) in [6.45, 7) is 21.8. The Morgan fingerprint density at radius 3 is 0.963 bits per heavy atom. The van der Waals surface area contributed by atoms with E-state index < -0.39 is 5.60 Å². The fourth-order valence-electron chi connectivity index (χ4n) is 18.5. The fraction of sp³-hybridized carbons (Fsp3) is 0.318. The summed E-state index contributed by atoms with van der Waals surface area (Å²) in [6.07, 6.45) is 33.2. The number of benzene rings is 6. The lowest BCUT2D eigenvalue weighted by atomic mass is 10.0. The summed E-state index contributed by atoms with van der Waals surface area (Å²) in [5.74, 6) is -0.264. The number of aromatic nitrogens is 8. The molecule has 136 heavy (non-hydrogen) atoms. The zero-order valence-electron chi connectivity index (χ0n) is 78.4. The van der Waals surface area contributed by atoms with Crippen LogP contribution in [0.3, 0.4) is 0 Å². The van der Waals surface area contributed by atoms with Gasteiger partial charge in [-0.3, -0.25) is 65.0 Å². The van der Waals surface area contributed by atoms with Gasteiger partial charge in [-0.1, -0.05) is 60.7 Å². The number of aliphatic hydroxyl groups is 5. The average molecular weight is 1820 g/mol. The standard InChI is InChI=1S/3C19H21N3O.C18H17N5.C18H21N3O.C17H18FN3O/c3*1-12-8-18(22-15-3-4-16(23)10-15)17-5-2-13(9-19(17)21-12)14-6-7-20-11-14;1-12-8-17(20-11-15-5-7-21-23-15)16-3-2-13(9-18(16)22-12)14-4-6-19-10-14;1-12-8-16(20-11-18(2,3)22)15-5-4-13(9-17(15)21-12)14-6-7-19-10-14;1-11-7-16(20-4-2-6-22)14-8-15(18)13(9-17(14)21-11)12-3-5-19-10-12/h3*2,5-9,15-16,23H,3-4,10-11H2,1H3,(H,21,22);2-9H,10-11H2,1H3,(H,20,22)(H,21,23);4-9,22H,10-11H2,1-3H3,(H,20,21);3,5,7-9,22H,2,4,6,10H2,1H3,(H,20,21)/t15-,16+;2*15-,16-;;;/m110.../s1. The summed E-state index contributed by atoms with van der Waals surface area (Å²) in [6, 6.07) is 50.7. The molecule has 26 heteroatoms. The highest BCUT2D eigenvalue weighted by Gasteiger charge is 2.28. The molecule has 0 amide bonds. The number of aromatic amines is 1. The van der Waals surface area contributed by atoms with Crippen molar-refractivity contribution in [3.8, 4) is 0 Å². The normalized spacial score (nSPS) is 18.8. The number of aryl methyl sites for hydroxylation is 6. The van der Waals surface area contributed by atoms with E-state index in [4.69, 9.17) is 20.1 Å². The van der Waals surface area contributed by atoms with Gasteiger partial charge in [0, 0.05) is 187 Å². The molecule has 0 spiro atoms. The number of nitrogens with one attached hydrogen (secondary N) is 7. The van der Waals surface area contributed by atoms with Crippen molar-refractivity contribution in [1.82, 2.24) is 40.1 Å². The number of H-pyrrole nitrogens is 1. The molecule has 3 aliphatic carbocycles. The molecule has 3 fully saturated rings. The minimum Gasteiger partial charge on any atom is -0.396 e. The number of rotatable bonds is 22. The van der Waals surface area contributed by atoms with Crippen LogP contribution in [0.4, 0.5) is 38.5 Å². The molecule has 13 heterocycles. The van der Waals surface area contributed by atoms with E-state index in [1.54, 1.807) is 32.3 Å². The van der Waals surface area contributed by atoms with Gasteiger partial charge in [-0.05, 0) is 302 Å². The molecule has 3 saturated carbocycles. The summed E-state index contributed by atoms with van der Waals surface area (Å²) in [5.41, 5.74) is 31.7. The first-order valence-corrected chi connectivity index (χ1v) is 47.2. The summed E-state index contributed by atoms with van der Waals surface area (Å²) >= 11 is 0. The third kappa shape index (κ3) is 23.8. The van der Waals surface area contributed by atoms with E-state index >= 15 is 0 Å². The van der Waals surface area contributed by atoms with Crippen LogP contribution in [-0.4, -0.2) is 204 Å². The quantitative estimate of drug-likeness (QED) is 0.0280. The van der Waals surface area contributed by atoms with Crippen LogP contribution in [0.15, 0.2) is 218 Å². The van der Waals surface area contributed by atoms with Gasteiger partial charge in [-0.15, -0.1) is 0 Å². The molecule has 6 atom stereocenters. The Labute approximate surface area is 792 Å². The first-order chi connectivity index (χ1) is 66.0. The molecule has 12 N–H and O–H groups in total. The third-order valence-electron chi connectivity index (χ3n) is 25.5. The lowest BCUT2D eigenvalue weighted by Gasteiger charge is -2.20. The largest absolute Gasteiger partial charge is 0.396 e. The number of pyridine rings is 6. The maximum absolute atomic E-state index is 14.4. The lowest BCUT2D eigenvalue weighted by molar-refractivity contribution is 0.0945. The number of aliphatic hydroxyl groups excluding tert-OH is 4. The number of halogens is 1. The van der Waals surface area contributed by atoms with Crippen LogP contribution >= 0.6 is 0 Å². The molecule has 0 radical (unpaired) electrons. The third-order valence-corrected chi connectivity index (χ3v) is 25.5. The Hall–Kier alpha value is -14.0. The van der Waals surface area contributed by atoms with Gasteiger partial charge in [-0.2, -0.15) is 5.10 Å². The molecule has 0 saturated heterocycles. The number of nitrogens with zero attached hydrogens (tertiary/aromatic N) is 13. The van der Waals surface area contributed by atoms with Gasteiger partial charge in [0.05, 0.1) is 109 Å². The van der Waals surface area contributed by atoms with E-state index in [1.807, 2.05) is 103 Å². The molecule has 13 aromatic rings. The van der Waals surface area contributed by atoms with Crippen LogP contribution in [0.1, 0.15) is 151 Å². The summed E-state index contributed by atoms with van der Waals surface area (Å²) < 4.78 is 14.4. The van der Waals surface area contributed by atoms with Gasteiger partial charge < -0.3 is 57.4 Å². The Bertz CT molecular complexity index is 6690. The van der Waals surface area contributed by atoms with Gasteiger partial charge in [0.1, 0.15) is 5.82 Å². The Kier molecular flexibility index (Phi) is 29.7. The van der Waals surface area contributed by atoms with Gasteiger partial charge in [0.2, 0.25) is 0 Å². The monoisotopic (exact) mass is 1820 g/mol. The Balaban J connectivity index is 0.000000113. The number of hydrogen-bond donors (Lipinski definition) is 12. The van der Waals surface area contributed by atoms with Gasteiger partial charge in [0.15, 0.2) is 0 Å². The minimum atomic E-state index is -0.755. The molecule has 22 rings (SSSR count). The van der Waals surface area contributed by atoms with Gasteiger partial charge in [0.25, 0.3) is 0 Å². The van der Waals surface area contributed by atoms with Crippen LogP contribution in [0.2, 0.25) is 0 Å². The number of anilines is 6. The SMILES string of the molecule is Cc1cc(NCC(C)(C)O)c2ccc(C3=CC=NC3)cc2n1.Cc1cc(NCCCO)c2cc(F)c(C3=CC=NC3)cc2n1.Cc1cc(NCc2ccn[nH]2)c2ccc(C3=CC=NC3)cc2n1.Cc1cc(N[C@@H]2CC[C@@H](O)C2)c2ccc(C3=CC=NC3)cc2n1.Cc1cc(N[C@@H]2CC[C@H](O)C2)c2ccc(C3=CC=NC3)cc2n1.Cc1cc(N[C@H]2CC[C@H](O)C2)c2ccc(C3=CC=NC3)cc2n1. The predicted octanol–water partition coefficient (Wildman–Crippen LogP) is 19.5. The highest BCUT2D eigenvalue weighted by atomic mass is 19.1. The first kappa shape index (κ1) is 93.8. The highest BCUT2D eigenvalue weighted by molar-refractivity contribution is 6.03. The number of fused-ring (bicyclic) bond motifs is 6. The van der Waals surface area contributed by atoms with E-state index in [9.17, 15) is 24.8 Å². The summed E-state index contributed by atoms with van der Waals surface area (Å²) in [5, 5.41) is 82.1. The second-order valence-electron chi connectivity index (χ2n) is 37.0. The Morgan fingerprint density at radius 2 is 0.669 bits per heavy atom. The lowest BCUT2D eigenvalue weighted by Crippen LogP contribution is -2.29. The predicted molar refractivity (Wildman–Crippen MR) is 560 cm³/mol. The van der Waals surface area contributed by atoms with Crippen molar-refractivity contribution in [3.63, 3.8) is 0 Å². The minimum absolute atomic E-state index is 0.127. The van der Waals surface area contributed by atoms with Crippen molar-refractivity contribution in [3.05, 3.63) is 267 Å². The van der Waals surface area contributed by atoms with Crippen molar-refractivity contribution in [1.29, 1.82) is 0 Å². The zero-order valence-corrected chi connectivity index (χ0v) is 78.4. The van der Waals surface area contributed by atoms with Crippen molar-refractivity contribution < 1.29 is 29.9 Å². The van der Waals surface area contributed by atoms with Crippen LogP contribution in [-0.2, 0) is 6.54 Å². The van der Waals surface area contributed by atoms with Crippen molar-refractivity contribution >= 4 is 170 Å². The van der Waals surface area contributed by atoms with Crippen molar-refractivity contribution in [2.24, 2.45) is 30.0 Å². The number of hydrogen-bond acceptors (Lipinski definition) is 24. The zero-order chi connectivity index (χ0) is 94.4. The fourth-order valence-corrected chi connectivity index (χ4v) is 18.5. The van der Waals surface area contributed by atoms with Crippen LogP contribution in [0, 0.1) is 47.4 Å². The Morgan fingerprint density at radius 1 is 0.360 bits per heavy atom. The molecular formula is C110H119FN20O5. The first-order valence-electron chi connectivity index (χ1n) is 47.2. The molecule has 9 aliphatic rings. The van der Waals surface area contributed by atoms with Gasteiger partial charge in [-0.25, -0.2) is 4.39 Å².